The molecule has 29 heavy (non-hydrogen) atoms. The van der Waals surface area contributed by atoms with Crippen molar-refractivity contribution in [3.8, 4) is 0 Å². The summed E-state index contributed by atoms with van der Waals surface area (Å²) in [6.07, 6.45) is -4.27. The minimum Gasteiger partial charge on any atom is -0.467 e. The lowest BCUT2D eigenvalue weighted by Crippen LogP contribution is -2.58. The molecule has 3 N–H and O–H groups in total. The van der Waals surface area contributed by atoms with Crippen molar-refractivity contribution in [3.63, 3.8) is 0 Å². The van der Waals surface area contributed by atoms with E-state index >= 15 is 4.39 Å². The van der Waals surface area contributed by atoms with E-state index in [1.54, 1.807) is 0 Å². The van der Waals surface area contributed by atoms with Gasteiger partial charge in [0.05, 0.1) is 7.11 Å². The molecule has 1 rings (SSSR count). The lowest BCUT2D eigenvalue weighted by Gasteiger charge is -2.33. The van der Waals surface area contributed by atoms with Crippen LogP contribution in [0.4, 0.5) is 14.0 Å². The first-order valence-electron chi connectivity index (χ1n) is 8.39. The smallest absolute Gasteiger partial charge is 0.467 e. The van der Waals surface area contributed by atoms with E-state index in [0.717, 1.165) is 7.11 Å². The number of rotatable bonds is 4. The van der Waals surface area contributed by atoms with Crippen LogP contribution in [0.1, 0.15) is 48.0 Å². The number of hydrogen-bond donors (Lipinski definition) is 3. The Morgan fingerprint density at radius 1 is 0.931 bits per heavy atom. The van der Waals surface area contributed by atoms with Gasteiger partial charge in [-0.25, -0.2) is 23.6 Å². The summed E-state index contributed by atoms with van der Waals surface area (Å²) in [6.45, 7) is 8.56. The number of alkyl halides is 1. The van der Waals surface area contributed by atoms with Gasteiger partial charge in [0.1, 0.15) is 11.2 Å². The molecule has 0 heterocycles. The van der Waals surface area contributed by atoms with Gasteiger partial charge >= 0.3 is 31.6 Å². The number of carbonyl (C=O) groups is 4. The summed E-state index contributed by atoms with van der Waals surface area (Å²) in [5.74, 6) is -1.56. The van der Waals surface area contributed by atoms with Gasteiger partial charge in [-0.15, -0.1) is 0 Å². The van der Waals surface area contributed by atoms with Crippen molar-refractivity contribution in [3.05, 3.63) is 0 Å². The molecule has 1 fully saturated rings. The zero-order chi connectivity index (χ0) is 23.2. The zero-order valence-electron chi connectivity index (χ0n) is 17.2. The number of halogens is 1. The molecule has 1 aliphatic carbocycles. The Labute approximate surface area is 167 Å². The summed E-state index contributed by atoms with van der Waals surface area (Å²) in [7, 11) is -4.63. The number of amides is 2. The molecule has 13 heteroatoms. The molecule has 0 spiro atoms. The van der Waals surface area contributed by atoms with Crippen LogP contribution in [0.2, 0.25) is 0 Å². The Morgan fingerprint density at radius 2 is 1.31 bits per heavy atom. The maximum absolute atomic E-state index is 15.4. The van der Waals surface area contributed by atoms with Crippen molar-refractivity contribution in [1.82, 2.24) is 4.90 Å². The molecule has 2 atom stereocenters. The fourth-order valence-electron chi connectivity index (χ4n) is 2.55. The van der Waals surface area contributed by atoms with Gasteiger partial charge in [-0.3, -0.25) is 0 Å². The third-order valence-electron chi connectivity index (χ3n) is 3.70. The molecule has 0 radical (unpaired) electrons. The highest BCUT2D eigenvalue weighted by Crippen LogP contribution is 2.65. The fraction of sp³-hybridized carbons (Fsp3) is 0.750. The van der Waals surface area contributed by atoms with E-state index in [1.807, 2.05) is 0 Å². The van der Waals surface area contributed by atoms with Gasteiger partial charge in [-0.05, 0) is 41.5 Å². The highest BCUT2D eigenvalue weighted by molar-refractivity contribution is 7.76. The van der Waals surface area contributed by atoms with Crippen LogP contribution in [0.3, 0.4) is 0 Å². The van der Waals surface area contributed by atoms with Gasteiger partial charge < -0.3 is 14.2 Å². The van der Waals surface area contributed by atoms with Crippen LogP contribution in [-0.2, 0) is 23.8 Å². The fourth-order valence-corrected chi connectivity index (χ4v) is 3.29. The van der Waals surface area contributed by atoms with E-state index in [4.69, 9.17) is 9.47 Å². The maximum Gasteiger partial charge on any atom is 0.482 e. The first kappa shape index (κ1) is 25.2. The van der Waals surface area contributed by atoms with Crippen molar-refractivity contribution in [2.75, 3.05) is 7.11 Å². The number of esters is 1. The number of ether oxygens (including phenoxy) is 3. The molecule has 166 valence electrons. The summed E-state index contributed by atoms with van der Waals surface area (Å²) in [5, 5.41) is 0. The average Bonchev–Trinajstić information content (AvgIpc) is 3.08. The van der Waals surface area contributed by atoms with Gasteiger partial charge in [0.25, 0.3) is 5.67 Å². The monoisotopic (exact) mass is 442 g/mol. The molecular weight excluding hydrogens is 416 g/mol. The van der Waals surface area contributed by atoms with Crippen molar-refractivity contribution in [2.45, 2.75) is 70.4 Å². The lowest BCUT2D eigenvalue weighted by molar-refractivity contribution is -0.152. The number of methoxy groups -OCH3 is 1. The summed E-state index contributed by atoms with van der Waals surface area (Å²) >= 11 is 0. The molecule has 11 nitrogen and oxygen atoms in total. The predicted molar refractivity (Wildman–Crippen MR) is 96.1 cm³/mol. The van der Waals surface area contributed by atoms with E-state index < -0.39 is 60.5 Å². The Kier molecular flexibility index (Phi) is 6.44. The average molecular weight is 442 g/mol. The topological polar surface area (TPSA) is 160 Å². The predicted octanol–water partition coefficient (Wildman–Crippen LogP) is 1.45. The van der Waals surface area contributed by atoms with E-state index in [9.17, 15) is 33.9 Å². The minimum atomic E-state index is -5.43. The molecule has 0 aromatic carbocycles. The highest BCUT2D eigenvalue weighted by Gasteiger charge is 2.89. The van der Waals surface area contributed by atoms with Gasteiger partial charge in [0.2, 0.25) is 5.54 Å². The summed E-state index contributed by atoms with van der Waals surface area (Å²) < 4.78 is 30.0. The summed E-state index contributed by atoms with van der Waals surface area (Å²) in [4.78, 5) is 77.5. The molecule has 0 aromatic rings. The Bertz CT molecular complexity index is 695. The SMILES string of the molecule is COC(=O)[C@]1(N(C(=O)OC(C)(C)C)C(=O)OC(C)(C)C)C[C@@]1(F)C(=O)[P+](O)(O)O. The standard InChI is InChI=1S/C16H26FNO10P/c1-13(2,3)27-11(21)18(12(22)28-14(4,5)6)16(9(19)26-7)8-15(16,17)10(20)29(23,24)25/h23-25H,8H2,1-7H3/q+1/t15-,16-/m1/s1. The van der Waals surface area contributed by atoms with Crippen LogP contribution in [0.25, 0.3) is 0 Å². The van der Waals surface area contributed by atoms with Crippen LogP contribution >= 0.6 is 7.94 Å². The highest BCUT2D eigenvalue weighted by atomic mass is 31.2. The van der Waals surface area contributed by atoms with Gasteiger partial charge in [0.15, 0.2) is 0 Å². The first-order valence-corrected chi connectivity index (χ1v) is 10.0. The van der Waals surface area contributed by atoms with Gasteiger partial charge in [-0.1, -0.05) is 0 Å². The van der Waals surface area contributed by atoms with E-state index in [1.165, 1.54) is 41.5 Å². The van der Waals surface area contributed by atoms with Crippen molar-refractivity contribution < 1.29 is 52.5 Å². The lowest BCUT2D eigenvalue weighted by atomic mass is 10.1. The Balaban J connectivity index is 3.60. The van der Waals surface area contributed by atoms with E-state index in [0.29, 0.717) is 0 Å². The third-order valence-corrected chi connectivity index (χ3v) is 4.60. The van der Waals surface area contributed by atoms with E-state index in [2.05, 4.69) is 4.74 Å². The van der Waals surface area contributed by atoms with Crippen LogP contribution in [0, 0.1) is 0 Å². The summed E-state index contributed by atoms with van der Waals surface area (Å²) in [6, 6.07) is 0. The molecule has 1 saturated carbocycles. The van der Waals surface area contributed by atoms with Gasteiger partial charge in [-0.2, -0.15) is 19.6 Å². The Morgan fingerprint density at radius 3 is 1.59 bits per heavy atom. The van der Waals surface area contributed by atoms with Crippen molar-refractivity contribution >= 4 is 31.6 Å². The normalized spacial score (nSPS) is 24.4. The third kappa shape index (κ3) is 5.00. The second-order valence-corrected chi connectivity index (χ2v) is 10.0. The maximum atomic E-state index is 15.4. The molecular formula is C16H26FNO10P+. The molecule has 0 bridgehead atoms. The number of hydrogen-bond acceptors (Lipinski definition) is 10. The number of nitrogens with zero attached hydrogens (tertiary/aromatic N) is 1. The second kappa shape index (κ2) is 7.42. The second-order valence-electron chi connectivity index (χ2n) is 8.50. The number of carbonyl (C=O) groups excluding carboxylic acids is 4. The van der Waals surface area contributed by atoms with Crippen LogP contribution in [0.5, 0.6) is 0 Å². The quantitative estimate of drug-likeness (QED) is 0.330. The van der Waals surface area contributed by atoms with Gasteiger partial charge in [0, 0.05) is 6.42 Å². The van der Waals surface area contributed by atoms with E-state index in [-0.39, 0.29) is 4.90 Å². The van der Waals surface area contributed by atoms with Crippen LogP contribution in [0.15, 0.2) is 0 Å². The van der Waals surface area contributed by atoms with Crippen molar-refractivity contribution in [2.24, 2.45) is 0 Å². The molecule has 0 aliphatic heterocycles. The first-order chi connectivity index (χ1) is 12.7. The molecule has 1 aliphatic rings. The van der Waals surface area contributed by atoms with Crippen molar-refractivity contribution in [1.29, 1.82) is 0 Å². The largest absolute Gasteiger partial charge is 0.482 e. The molecule has 0 saturated heterocycles. The molecule has 0 aromatic heterocycles. The zero-order valence-corrected chi connectivity index (χ0v) is 18.1. The minimum absolute atomic E-state index is 0.0666. The summed E-state index contributed by atoms with van der Waals surface area (Å²) in [5.41, 5.74) is -11.0. The number of imide groups is 1. The molecule has 0 unspecified atom stereocenters. The Hall–Kier alpha value is -1.88. The molecule has 2 amide bonds. The van der Waals surface area contributed by atoms with Crippen LogP contribution < -0.4 is 0 Å². The van der Waals surface area contributed by atoms with Crippen LogP contribution in [-0.4, -0.2) is 72.8 Å².